The third kappa shape index (κ3) is 1.97. The molecule has 0 spiro atoms. The van der Waals surface area contributed by atoms with Crippen LogP contribution in [0.25, 0.3) is 11.2 Å². The highest BCUT2D eigenvalue weighted by molar-refractivity contribution is 5.69. The van der Waals surface area contributed by atoms with Gasteiger partial charge in [0, 0.05) is 19.1 Å². The van der Waals surface area contributed by atoms with Crippen LogP contribution in [0.2, 0.25) is 0 Å². The molecule has 0 saturated heterocycles. The zero-order valence-electron chi connectivity index (χ0n) is 10.5. The molecule has 1 atom stereocenters. The van der Waals surface area contributed by atoms with Crippen LogP contribution in [-0.4, -0.2) is 25.1 Å². The number of aromatic nitrogens is 4. The predicted octanol–water partition coefficient (Wildman–Crippen LogP) is -0.356. The number of hydrogen-bond acceptors (Lipinski definition) is 4. The van der Waals surface area contributed by atoms with Crippen molar-refractivity contribution >= 4 is 11.2 Å². The molecule has 98 valence electrons. The topological polar surface area (TPSA) is 98.7 Å². The first-order valence-corrected chi connectivity index (χ1v) is 6.02. The molecule has 0 aliphatic rings. The van der Waals surface area contributed by atoms with E-state index < -0.39 is 11.2 Å². The second-order valence-corrected chi connectivity index (χ2v) is 4.24. The van der Waals surface area contributed by atoms with Gasteiger partial charge >= 0.3 is 5.69 Å². The van der Waals surface area contributed by atoms with E-state index in [9.17, 15) is 9.59 Å². The van der Waals surface area contributed by atoms with E-state index >= 15 is 0 Å². The van der Waals surface area contributed by atoms with Gasteiger partial charge in [0.2, 0.25) is 0 Å². The standard InChI is InChI=1S/C11H17N5O2/c1-3-7(12)5-15-6-13-9-8(15)10(17)14-11(18)16(9)4-2/h6-7H,3-5,12H2,1-2H3,(H,14,17,18). The molecule has 2 aromatic heterocycles. The Kier molecular flexibility index (Phi) is 3.33. The van der Waals surface area contributed by atoms with Crippen LogP contribution in [0.1, 0.15) is 20.3 Å². The third-order valence-electron chi connectivity index (χ3n) is 3.03. The number of aromatic amines is 1. The molecule has 0 fully saturated rings. The minimum absolute atomic E-state index is 0.0381. The first-order chi connectivity index (χ1) is 8.58. The molecule has 2 rings (SSSR count). The molecule has 0 aliphatic heterocycles. The Morgan fingerprint density at radius 1 is 1.44 bits per heavy atom. The van der Waals surface area contributed by atoms with Crippen molar-refractivity contribution in [1.82, 2.24) is 19.1 Å². The second kappa shape index (κ2) is 4.77. The maximum Gasteiger partial charge on any atom is 0.330 e. The predicted molar refractivity (Wildman–Crippen MR) is 68.6 cm³/mol. The average Bonchev–Trinajstić information content (AvgIpc) is 2.73. The third-order valence-corrected chi connectivity index (χ3v) is 3.03. The Bertz CT molecular complexity index is 666. The molecule has 0 bridgehead atoms. The van der Waals surface area contributed by atoms with Gasteiger partial charge in [-0.3, -0.25) is 14.3 Å². The van der Waals surface area contributed by atoms with Crippen LogP contribution in [0.4, 0.5) is 0 Å². The fraction of sp³-hybridized carbons (Fsp3) is 0.545. The van der Waals surface area contributed by atoms with Crippen LogP contribution in [0.3, 0.4) is 0 Å². The Labute approximate surface area is 103 Å². The summed E-state index contributed by atoms with van der Waals surface area (Å²) in [4.78, 5) is 29.9. The normalized spacial score (nSPS) is 13.1. The number of hydrogen-bond donors (Lipinski definition) is 2. The summed E-state index contributed by atoms with van der Waals surface area (Å²) >= 11 is 0. The number of aryl methyl sites for hydroxylation is 1. The van der Waals surface area contributed by atoms with Gasteiger partial charge in [-0.15, -0.1) is 0 Å². The number of nitrogens with two attached hydrogens (primary N) is 1. The highest BCUT2D eigenvalue weighted by Gasteiger charge is 2.13. The number of nitrogens with zero attached hydrogens (tertiary/aromatic N) is 3. The van der Waals surface area contributed by atoms with Gasteiger partial charge in [-0.05, 0) is 13.3 Å². The molecular formula is C11H17N5O2. The minimum atomic E-state index is -0.431. The number of nitrogens with one attached hydrogen (secondary N) is 1. The SMILES string of the molecule is CCC(N)Cn1cnc2c1c(=O)[nH]c(=O)n2CC. The van der Waals surface area contributed by atoms with Gasteiger partial charge in [0.15, 0.2) is 11.2 Å². The molecule has 0 amide bonds. The number of fused-ring (bicyclic) bond motifs is 1. The Balaban J connectivity index is 2.66. The van der Waals surface area contributed by atoms with Gasteiger partial charge in [-0.25, -0.2) is 9.78 Å². The van der Waals surface area contributed by atoms with Gasteiger partial charge in [-0.1, -0.05) is 6.92 Å². The van der Waals surface area contributed by atoms with E-state index in [-0.39, 0.29) is 6.04 Å². The van der Waals surface area contributed by atoms with E-state index in [0.29, 0.717) is 24.3 Å². The molecule has 2 heterocycles. The van der Waals surface area contributed by atoms with E-state index in [0.717, 1.165) is 6.42 Å². The van der Waals surface area contributed by atoms with Crippen molar-refractivity contribution in [2.24, 2.45) is 5.73 Å². The van der Waals surface area contributed by atoms with Crippen molar-refractivity contribution in [2.75, 3.05) is 0 Å². The molecule has 0 radical (unpaired) electrons. The maximum atomic E-state index is 11.8. The molecular weight excluding hydrogens is 234 g/mol. The summed E-state index contributed by atoms with van der Waals surface area (Å²) < 4.78 is 3.14. The zero-order valence-corrected chi connectivity index (χ0v) is 10.5. The van der Waals surface area contributed by atoms with Crippen LogP contribution >= 0.6 is 0 Å². The summed E-state index contributed by atoms with van der Waals surface area (Å²) in [6, 6.07) is -0.0381. The fourth-order valence-electron chi connectivity index (χ4n) is 1.93. The largest absolute Gasteiger partial charge is 0.330 e. The first-order valence-electron chi connectivity index (χ1n) is 6.02. The highest BCUT2D eigenvalue weighted by Crippen LogP contribution is 2.07. The molecule has 0 aliphatic carbocycles. The van der Waals surface area contributed by atoms with Crippen LogP contribution < -0.4 is 17.0 Å². The molecule has 7 nitrogen and oxygen atoms in total. The quantitative estimate of drug-likeness (QED) is 0.775. The molecule has 0 aromatic carbocycles. The monoisotopic (exact) mass is 251 g/mol. The molecule has 1 unspecified atom stereocenters. The van der Waals surface area contributed by atoms with Crippen LogP contribution in [0.15, 0.2) is 15.9 Å². The van der Waals surface area contributed by atoms with Crippen molar-refractivity contribution in [3.8, 4) is 0 Å². The van der Waals surface area contributed by atoms with Gasteiger partial charge in [0.05, 0.1) is 6.33 Å². The Morgan fingerprint density at radius 2 is 2.17 bits per heavy atom. The molecule has 2 aromatic rings. The zero-order chi connectivity index (χ0) is 13.3. The van der Waals surface area contributed by atoms with Crippen molar-refractivity contribution in [1.29, 1.82) is 0 Å². The number of imidazole rings is 1. The van der Waals surface area contributed by atoms with E-state index in [4.69, 9.17) is 5.73 Å². The van der Waals surface area contributed by atoms with E-state index in [1.807, 2.05) is 13.8 Å². The lowest BCUT2D eigenvalue weighted by atomic mass is 10.2. The fourth-order valence-corrected chi connectivity index (χ4v) is 1.93. The minimum Gasteiger partial charge on any atom is -0.326 e. The van der Waals surface area contributed by atoms with E-state index in [1.165, 1.54) is 4.57 Å². The summed E-state index contributed by atoms with van der Waals surface area (Å²) in [6.45, 7) is 4.78. The van der Waals surface area contributed by atoms with Gasteiger partial charge in [0.1, 0.15) is 0 Å². The van der Waals surface area contributed by atoms with Gasteiger partial charge < -0.3 is 10.3 Å². The highest BCUT2D eigenvalue weighted by atomic mass is 16.2. The summed E-state index contributed by atoms with van der Waals surface area (Å²) in [5.74, 6) is 0. The van der Waals surface area contributed by atoms with Gasteiger partial charge in [0.25, 0.3) is 5.56 Å². The molecule has 7 heteroatoms. The van der Waals surface area contributed by atoms with E-state index in [1.54, 1.807) is 10.9 Å². The van der Waals surface area contributed by atoms with Crippen molar-refractivity contribution in [3.05, 3.63) is 27.2 Å². The average molecular weight is 251 g/mol. The number of rotatable bonds is 4. The molecule has 0 saturated carbocycles. The number of H-pyrrole nitrogens is 1. The van der Waals surface area contributed by atoms with Crippen molar-refractivity contribution in [3.63, 3.8) is 0 Å². The maximum absolute atomic E-state index is 11.8. The summed E-state index contributed by atoms with van der Waals surface area (Å²) in [5.41, 5.74) is 5.84. The summed E-state index contributed by atoms with van der Waals surface area (Å²) in [6.07, 6.45) is 2.37. The van der Waals surface area contributed by atoms with Crippen molar-refractivity contribution in [2.45, 2.75) is 39.4 Å². The van der Waals surface area contributed by atoms with Crippen LogP contribution in [0.5, 0.6) is 0 Å². The van der Waals surface area contributed by atoms with E-state index in [2.05, 4.69) is 9.97 Å². The molecule has 3 N–H and O–H groups in total. The lowest BCUT2D eigenvalue weighted by molar-refractivity contribution is 0.547. The van der Waals surface area contributed by atoms with Crippen molar-refractivity contribution < 1.29 is 0 Å². The lowest BCUT2D eigenvalue weighted by Gasteiger charge is -2.10. The van der Waals surface area contributed by atoms with Gasteiger partial charge in [-0.2, -0.15) is 0 Å². The van der Waals surface area contributed by atoms with Crippen LogP contribution in [-0.2, 0) is 13.1 Å². The van der Waals surface area contributed by atoms with Crippen LogP contribution in [0, 0.1) is 0 Å². The Hall–Kier alpha value is -1.89. The molecule has 18 heavy (non-hydrogen) atoms. The summed E-state index contributed by atoms with van der Waals surface area (Å²) in [7, 11) is 0. The second-order valence-electron chi connectivity index (χ2n) is 4.24. The first kappa shape index (κ1) is 12.6. The summed E-state index contributed by atoms with van der Waals surface area (Å²) in [5, 5.41) is 0. The smallest absolute Gasteiger partial charge is 0.326 e. The lowest BCUT2D eigenvalue weighted by Crippen LogP contribution is -2.32. The Morgan fingerprint density at radius 3 is 2.78 bits per heavy atom.